The standard InChI is InChI=1S/C15H14BrClN2O/c1-3-11-7-10(8-14(17)18-11)15(20)19-13-6-4-5-12(16)9(13)2/h4-8H,3H2,1-2H3,(H,19,20). The van der Waals surface area contributed by atoms with Crippen LogP contribution in [-0.2, 0) is 6.42 Å². The predicted octanol–water partition coefficient (Wildman–Crippen LogP) is 4.62. The van der Waals surface area contributed by atoms with Crippen molar-refractivity contribution in [1.82, 2.24) is 4.98 Å². The van der Waals surface area contributed by atoms with Crippen LogP contribution in [0.1, 0.15) is 28.5 Å². The number of anilines is 1. The summed E-state index contributed by atoms with van der Waals surface area (Å²) in [6, 6.07) is 9.01. The smallest absolute Gasteiger partial charge is 0.255 e. The van der Waals surface area contributed by atoms with Gasteiger partial charge in [0.05, 0.1) is 0 Å². The zero-order valence-corrected chi connectivity index (χ0v) is 13.5. The quantitative estimate of drug-likeness (QED) is 0.818. The first-order valence-corrected chi connectivity index (χ1v) is 7.41. The molecule has 1 amide bonds. The Morgan fingerprint density at radius 2 is 2.15 bits per heavy atom. The van der Waals surface area contributed by atoms with Gasteiger partial charge in [0.15, 0.2) is 0 Å². The van der Waals surface area contributed by atoms with E-state index in [1.165, 1.54) is 0 Å². The highest BCUT2D eigenvalue weighted by Crippen LogP contribution is 2.24. The van der Waals surface area contributed by atoms with Gasteiger partial charge in [-0.1, -0.05) is 40.5 Å². The van der Waals surface area contributed by atoms with Crippen molar-refractivity contribution in [3.8, 4) is 0 Å². The van der Waals surface area contributed by atoms with Crippen LogP contribution >= 0.6 is 27.5 Å². The van der Waals surface area contributed by atoms with Gasteiger partial charge in [-0.15, -0.1) is 0 Å². The Labute approximate surface area is 131 Å². The number of benzene rings is 1. The predicted molar refractivity (Wildman–Crippen MR) is 85.5 cm³/mol. The summed E-state index contributed by atoms with van der Waals surface area (Å²) in [5.41, 5.74) is 3.07. The van der Waals surface area contributed by atoms with E-state index in [1.807, 2.05) is 32.0 Å². The molecule has 1 aromatic carbocycles. The number of hydrogen-bond acceptors (Lipinski definition) is 2. The number of pyridine rings is 1. The summed E-state index contributed by atoms with van der Waals surface area (Å²) in [5, 5.41) is 3.22. The van der Waals surface area contributed by atoms with Crippen molar-refractivity contribution >= 4 is 39.1 Å². The third kappa shape index (κ3) is 3.38. The largest absolute Gasteiger partial charge is 0.322 e. The molecule has 0 saturated heterocycles. The lowest BCUT2D eigenvalue weighted by molar-refractivity contribution is 0.102. The molecule has 1 aromatic heterocycles. The Balaban J connectivity index is 2.28. The Morgan fingerprint density at radius 3 is 2.85 bits per heavy atom. The van der Waals surface area contributed by atoms with E-state index in [0.29, 0.717) is 10.7 Å². The van der Waals surface area contributed by atoms with Gasteiger partial charge < -0.3 is 5.32 Å². The normalized spacial score (nSPS) is 10.4. The number of nitrogens with zero attached hydrogens (tertiary/aromatic N) is 1. The molecule has 0 spiro atoms. The average Bonchev–Trinajstić information content (AvgIpc) is 2.43. The van der Waals surface area contributed by atoms with Crippen molar-refractivity contribution in [2.45, 2.75) is 20.3 Å². The van der Waals surface area contributed by atoms with Gasteiger partial charge in [0.25, 0.3) is 5.91 Å². The molecule has 0 aliphatic carbocycles. The van der Waals surface area contributed by atoms with E-state index < -0.39 is 0 Å². The molecule has 1 N–H and O–H groups in total. The number of halogens is 2. The second-order valence-electron chi connectivity index (χ2n) is 4.39. The molecule has 104 valence electrons. The third-order valence-corrected chi connectivity index (χ3v) is 4.04. The molecule has 5 heteroatoms. The molecular weight excluding hydrogens is 340 g/mol. The van der Waals surface area contributed by atoms with Gasteiger partial charge in [0, 0.05) is 21.4 Å². The van der Waals surface area contributed by atoms with Gasteiger partial charge in [0.1, 0.15) is 5.15 Å². The first kappa shape index (κ1) is 15.0. The molecule has 0 saturated carbocycles. The monoisotopic (exact) mass is 352 g/mol. The summed E-state index contributed by atoms with van der Waals surface area (Å²) < 4.78 is 0.956. The van der Waals surface area contributed by atoms with E-state index in [0.717, 1.165) is 27.8 Å². The second kappa shape index (κ2) is 6.37. The van der Waals surface area contributed by atoms with Crippen molar-refractivity contribution in [2.24, 2.45) is 0 Å². The van der Waals surface area contributed by atoms with Gasteiger partial charge >= 0.3 is 0 Å². The van der Waals surface area contributed by atoms with Crippen LogP contribution in [0.3, 0.4) is 0 Å². The first-order valence-electron chi connectivity index (χ1n) is 6.24. The maximum absolute atomic E-state index is 12.3. The summed E-state index contributed by atoms with van der Waals surface area (Å²) in [5.74, 6) is -0.190. The van der Waals surface area contributed by atoms with Crippen LogP contribution in [0.25, 0.3) is 0 Å². The topological polar surface area (TPSA) is 42.0 Å². The molecule has 0 fully saturated rings. The van der Waals surface area contributed by atoms with Gasteiger partial charge in [-0.25, -0.2) is 4.98 Å². The summed E-state index contributed by atoms with van der Waals surface area (Å²) in [6.45, 7) is 3.91. The van der Waals surface area contributed by atoms with E-state index in [2.05, 4.69) is 26.2 Å². The number of rotatable bonds is 3. The van der Waals surface area contributed by atoms with E-state index in [4.69, 9.17) is 11.6 Å². The summed E-state index contributed by atoms with van der Waals surface area (Å²) in [4.78, 5) is 16.4. The molecule has 1 heterocycles. The van der Waals surface area contributed by atoms with Crippen molar-refractivity contribution < 1.29 is 4.79 Å². The summed E-state index contributed by atoms with van der Waals surface area (Å²) in [6.07, 6.45) is 0.733. The summed E-state index contributed by atoms with van der Waals surface area (Å²) >= 11 is 9.38. The van der Waals surface area contributed by atoms with Crippen molar-refractivity contribution in [2.75, 3.05) is 5.32 Å². The second-order valence-corrected chi connectivity index (χ2v) is 5.63. The number of aryl methyl sites for hydroxylation is 1. The van der Waals surface area contributed by atoms with Crippen LogP contribution in [-0.4, -0.2) is 10.9 Å². The Morgan fingerprint density at radius 1 is 1.40 bits per heavy atom. The Hall–Kier alpha value is -1.39. The molecule has 0 bridgehead atoms. The first-order chi connectivity index (χ1) is 9.51. The lowest BCUT2D eigenvalue weighted by atomic mass is 10.1. The van der Waals surface area contributed by atoms with Gasteiger partial charge in [0.2, 0.25) is 0 Å². The van der Waals surface area contributed by atoms with E-state index in [-0.39, 0.29) is 5.91 Å². The van der Waals surface area contributed by atoms with Crippen LogP contribution < -0.4 is 5.32 Å². The minimum absolute atomic E-state index is 0.190. The Kier molecular flexibility index (Phi) is 4.78. The van der Waals surface area contributed by atoms with Crippen molar-refractivity contribution in [1.29, 1.82) is 0 Å². The van der Waals surface area contributed by atoms with Gasteiger partial charge in [-0.2, -0.15) is 0 Å². The van der Waals surface area contributed by atoms with E-state index >= 15 is 0 Å². The minimum atomic E-state index is -0.190. The number of aromatic nitrogens is 1. The highest BCUT2D eigenvalue weighted by atomic mass is 79.9. The lowest BCUT2D eigenvalue weighted by Gasteiger charge is -2.10. The van der Waals surface area contributed by atoms with Crippen molar-refractivity contribution in [3.63, 3.8) is 0 Å². The minimum Gasteiger partial charge on any atom is -0.322 e. The van der Waals surface area contributed by atoms with E-state index in [9.17, 15) is 4.79 Å². The number of amides is 1. The summed E-state index contributed by atoms with van der Waals surface area (Å²) in [7, 11) is 0. The SMILES string of the molecule is CCc1cc(C(=O)Nc2cccc(Br)c2C)cc(Cl)n1. The Bertz CT molecular complexity index is 658. The molecule has 3 nitrogen and oxygen atoms in total. The van der Waals surface area contributed by atoms with Gasteiger partial charge in [-0.05, 0) is 43.2 Å². The number of carbonyl (C=O) groups is 1. The van der Waals surface area contributed by atoms with Crippen molar-refractivity contribution in [3.05, 3.63) is 56.8 Å². The zero-order chi connectivity index (χ0) is 14.7. The molecule has 2 rings (SSSR count). The maximum Gasteiger partial charge on any atom is 0.255 e. The zero-order valence-electron chi connectivity index (χ0n) is 11.2. The number of hydrogen-bond donors (Lipinski definition) is 1. The fourth-order valence-electron chi connectivity index (χ4n) is 1.80. The van der Waals surface area contributed by atoms with Gasteiger partial charge in [-0.3, -0.25) is 4.79 Å². The highest BCUT2D eigenvalue weighted by Gasteiger charge is 2.11. The molecule has 0 aliphatic rings. The molecule has 0 aliphatic heterocycles. The fourth-order valence-corrected chi connectivity index (χ4v) is 2.39. The van der Waals surface area contributed by atoms with Crippen LogP contribution in [0.2, 0.25) is 5.15 Å². The van der Waals surface area contributed by atoms with E-state index in [1.54, 1.807) is 12.1 Å². The highest BCUT2D eigenvalue weighted by molar-refractivity contribution is 9.10. The molecular formula is C15H14BrClN2O. The lowest BCUT2D eigenvalue weighted by Crippen LogP contribution is -2.13. The molecule has 0 atom stereocenters. The maximum atomic E-state index is 12.3. The molecule has 0 radical (unpaired) electrons. The average molecular weight is 354 g/mol. The molecule has 2 aromatic rings. The fraction of sp³-hybridized carbons (Fsp3) is 0.200. The number of carbonyl (C=O) groups excluding carboxylic acids is 1. The third-order valence-electron chi connectivity index (χ3n) is 2.99. The number of nitrogens with one attached hydrogen (secondary N) is 1. The van der Waals surface area contributed by atoms with Crippen LogP contribution in [0.4, 0.5) is 5.69 Å². The van der Waals surface area contributed by atoms with Crippen LogP contribution in [0.5, 0.6) is 0 Å². The molecule has 20 heavy (non-hydrogen) atoms. The van der Waals surface area contributed by atoms with Crippen LogP contribution in [0, 0.1) is 6.92 Å². The molecule has 0 unspecified atom stereocenters. The van der Waals surface area contributed by atoms with Crippen LogP contribution in [0.15, 0.2) is 34.8 Å².